The summed E-state index contributed by atoms with van der Waals surface area (Å²) in [5.74, 6) is -3.52. The molecule has 2 aliphatic heterocycles. The molecule has 2 aliphatic rings. The third-order valence-corrected chi connectivity index (χ3v) is 10.5. The second-order valence-electron chi connectivity index (χ2n) is 9.48. The molecule has 0 saturated carbocycles. The minimum atomic E-state index is -2.12. The van der Waals surface area contributed by atoms with Crippen molar-refractivity contribution in [2.24, 2.45) is 11.3 Å². The van der Waals surface area contributed by atoms with Gasteiger partial charge in [0.05, 0.1) is 18.1 Å². The molecule has 1 N–H and O–H groups in total. The van der Waals surface area contributed by atoms with Gasteiger partial charge in [0.2, 0.25) is 5.91 Å². The van der Waals surface area contributed by atoms with Gasteiger partial charge in [0.15, 0.2) is 13.7 Å². The van der Waals surface area contributed by atoms with Gasteiger partial charge in [-0.3, -0.25) is 14.4 Å². The van der Waals surface area contributed by atoms with E-state index in [1.54, 1.807) is 0 Å². The Bertz CT molecular complexity index is 616. The summed E-state index contributed by atoms with van der Waals surface area (Å²) in [6.45, 7) is 16.8. The largest absolute Gasteiger partial charge is 0.422 e. The predicted octanol–water partition coefficient (Wildman–Crippen LogP) is 2.35. The van der Waals surface area contributed by atoms with Crippen LogP contribution in [0.2, 0.25) is 18.1 Å². The number of nitrogens with one attached hydrogen (secondary N) is 1. The van der Waals surface area contributed by atoms with E-state index >= 15 is 0 Å². The molecule has 3 atom stereocenters. The Hall–Kier alpha value is -1.41. The average molecular weight is 386 g/mol. The summed E-state index contributed by atoms with van der Waals surface area (Å²) < 4.78 is 16.9. The summed E-state index contributed by atoms with van der Waals surface area (Å²) in [7, 11) is -2.12. The molecule has 148 valence electrons. The number of carbonyl (C=O) groups is 3. The van der Waals surface area contributed by atoms with Crippen LogP contribution in [0.5, 0.6) is 0 Å². The number of cyclic esters (lactones) is 2. The van der Waals surface area contributed by atoms with Crippen LogP contribution < -0.4 is 5.32 Å². The van der Waals surface area contributed by atoms with E-state index in [1.165, 1.54) is 20.8 Å². The number of hydrogen-bond acceptors (Lipinski definition) is 6. The maximum Gasteiger partial charge on any atom is 0.328 e. The van der Waals surface area contributed by atoms with Crippen LogP contribution in [0, 0.1) is 11.3 Å². The van der Waals surface area contributed by atoms with E-state index in [4.69, 9.17) is 13.9 Å². The number of β-lactam (4-membered cyclic amide) rings is 1. The average Bonchev–Trinajstić information content (AvgIpc) is 2.39. The molecule has 0 aromatic rings. The minimum absolute atomic E-state index is 0.0202. The smallest absolute Gasteiger partial charge is 0.328 e. The molecule has 2 rings (SSSR count). The molecule has 8 heteroatoms. The Morgan fingerprint density at radius 1 is 1.08 bits per heavy atom. The van der Waals surface area contributed by atoms with Crippen LogP contribution in [0.25, 0.3) is 0 Å². The van der Waals surface area contributed by atoms with Gasteiger partial charge in [-0.05, 0) is 32.0 Å². The lowest BCUT2D eigenvalue weighted by molar-refractivity contribution is -0.254. The Morgan fingerprint density at radius 2 is 1.54 bits per heavy atom. The number of esters is 2. The molecule has 0 radical (unpaired) electrons. The maximum absolute atomic E-state index is 12.6. The second-order valence-corrected chi connectivity index (χ2v) is 14.2. The number of ether oxygens (including phenoxy) is 2. The van der Waals surface area contributed by atoms with Crippen LogP contribution in [-0.4, -0.2) is 44.1 Å². The van der Waals surface area contributed by atoms with Crippen LogP contribution >= 0.6 is 0 Å². The van der Waals surface area contributed by atoms with Crippen molar-refractivity contribution in [1.82, 2.24) is 5.32 Å². The Kier molecular flexibility index (Phi) is 4.86. The molecular formula is C18H31NO6Si. The van der Waals surface area contributed by atoms with E-state index < -0.39 is 49.5 Å². The van der Waals surface area contributed by atoms with Crippen molar-refractivity contribution in [2.75, 3.05) is 0 Å². The number of carbonyl (C=O) groups excluding carboxylic acids is 3. The Balaban J connectivity index is 2.25. The molecule has 3 unspecified atom stereocenters. The van der Waals surface area contributed by atoms with E-state index in [2.05, 4.69) is 39.2 Å². The lowest BCUT2D eigenvalue weighted by Crippen LogP contribution is -2.74. The number of hydrogen-bond donors (Lipinski definition) is 1. The predicted molar refractivity (Wildman–Crippen MR) is 97.5 cm³/mol. The fourth-order valence-corrected chi connectivity index (χ4v) is 4.54. The summed E-state index contributed by atoms with van der Waals surface area (Å²) in [5.41, 5.74) is -1.58. The van der Waals surface area contributed by atoms with Crippen molar-refractivity contribution in [3.63, 3.8) is 0 Å². The Labute approximate surface area is 156 Å². The summed E-state index contributed by atoms with van der Waals surface area (Å²) in [5, 5.41) is 2.67. The van der Waals surface area contributed by atoms with E-state index in [9.17, 15) is 14.4 Å². The van der Waals surface area contributed by atoms with Crippen molar-refractivity contribution < 1.29 is 28.3 Å². The highest BCUT2D eigenvalue weighted by Crippen LogP contribution is 2.44. The van der Waals surface area contributed by atoms with Gasteiger partial charge < -0.3 is 19.2 Å². The molecule has 7 nitrogen and oxygen atoms in total. The fraction of sp³-hybridized carbons (Fsp3) is 0.833. The van der Waals surface area contributed by atoms with Crippen LogP contribution in [0.1, 0.15) is 48.5 Å². The van der Waals surface area contributed by atoms with Gasteiger partial charge in [-0.15, -0.1) is 0 Å². The van der Waals surface area contributed by atoms with E-state index in [0.717, 1.165) is 0 Å². The molecule has 26 heavy (non-hydrogen) atoms. The molecule has 1 amide bonds. The molecule has 0 spiro atoms. The topological polar surface area (TPSA) is 90.9 Å². The molecule has 0 bridgehead atoms. The first-order valence-corrected chi connectivity index (χ1v) is 11.9. The minimum Gasteiger partial charge on any atom is -0.422 e. The molecule has 0 aliphatic carbocycles. The van der Waals surface area contributed by atoms with Crippen molar-refractivity contribution in [1.29, 1.82) is 0 Å². The third-order valence-electron chi connectivity index (χ3n) is 5.90. The second kappa shape index (κ2) is 6.05. The maximum atomic E-state index is 12.6. The first-order valence-electron chi connectivity index (χ1n) is 8.98. The van der Waals surface area contributed by atoms with Crippen molar-refractivity contribution >= 4 is 26.2 Å². The van der Waals surface area contributed by atoms with Crippen molar-refractivity contribution in [3.8, 4) is 0 Å². The van der Waals surface area contributed by atoms with Crippen molar-refractivity contribution in [2.45, 2.75) is 84.5 Å². The molecular weight excluding hydrogens is 354 g/mol. The molecule has 2 fully saturated rings. The van der Waals surface area contributed by atoms with E-state index in [-0.39, 0.29) is 10.9 Å². The zero-order valence-corrected chi connectivity index (χ0v) is 18.2. The lowest BCUT2D eigenvalue weighted by Gasteiger charge is -2.51. The van der Waals surface area contributed by atoms with Crippen LogP contribution in [0.4, 0.5) is 0 Å². The van der Waals surface area contributed by atoms with Crippen LogP contribution in [0.15, 0.2) is 0 Å². The lowest BCUT2D eigenvalue weighted by atomic mass is 9.68. The number of amides is 1. The molecule has 0 aromatic carbocycles. The fourth-order valence-electron chi connectivity index (χ4n) is 3.11. The van der Waals surface area contributed by atoms with Gasteiger partial charge in [0.1, 0.15) is 0 Å². The standard InChI is InChI=1S/C18H31NO6Si/c1-10(25-26(8,9)16(2,3)4)11-12(19-13(11)20)18(7)14(21)23-17(5,6)24-15(18)22/h10-12H,1-9H3,(H,19,20). The van der Waals surface area contributed by atoms with Gasteiger partial charge in [0.25, 0.3) is 5.79 Å². The SMILES string of the molecule is CC(O[Si](C)(C)C(C)(C)C)C1C(=O)NC1C1(C)C(=O)OC(C)(C)OC1=O. The van der Waals surface area contributed by atoms with Gasteiger partial charge in [-0.1, -0.05) is 20.8 Å². The normalized spacial score (nSPS) is 29.2. The number of rotatable bonds is 4. The first kappa shape index (κ1) is 20.9. The third kappa shape index (κ3) is 3.29. The van der Waals surface area contributed by atoms with E-state index in [0.29, 0.717) is 0 Å². The first-order chi connectivity index (χ1) is 11.5. The summed E-state index contributed by atoms with van der Waals surface area (Å²) in [6.07, 6.45) is -0.429. The zero-order valence-electron chi connectivity index (χ0n) is 17.2. The zero-order chi connectivity index (χ0) is 20.3. The van der Waals surface area contributed by atoms with Gasteiger partial charge in [0, 0.05) is 13.8 Å². The van der Waals surface area contributed by atoms with Crippen LogP contribution in [0.3, 0.4) is 0 Å². The highest BCUT2D eigenvalue weighted by Gasteiger charge is 2.65. The van der Waals surface area contributed by atoms with Crippen LogP contribution in [-0.2, 0) is 28.3 Å². The van der Waals surface area contributed by atoms with Gasteiger partial charge in [-0.2, -0.15) is 0 Å². The molecule has 0 aromatic heterocycles. The molecule has 2 heterocycles. The van der Waals surface area contributed by atoms with Gasteiger partial charge >= 0.3 is 11.9 Å². The van der Waals surface area contributed by atoms with E-state index in [1.807, 2.05) is 6.92 Å². The highest BCUT2D eigenvalue weighted by molar-refractivity contribution is 6.74. The summed E-state index contributed by atoms with van der Waals surface area (Å²) in [4.78, 5) is 37.4. The van der Waals surface area contributed by atoms with Gasteiger partial charge in [-0.25, -0.2) is 0 Å². The highest BCUT2D eigenvalue weighted by atomic mass is 28.4. The monoisotopic (exact) mass is 385 g/mol. The Morgan fingerprint density at radius 3 is 1.92 bits per heavy atom. The van der Waals surface area contributed by atoms with Crippen molar-refractivity contribution in [3.05, 3.63) is 0 Å². The summed E-state index contributed by atoms with van der Waals surface area (Å²) >= 11 is 0. The molecule has 2 saturated heterocycles. The summed E-state index contributed by atoms with van der Waals surface area (Å²) in [6, 6.07) is -0.717. The quantitative estimate of drug-likeness (QED) is 0.346.